The van der Waals surface area contributed by atoms with Gasteiger partial charge in [-0.05, 0) is 55.0 Å². The summed E-state index contributed by atoms with van der Waals surface area (Å²) in [4.78, 5) is 29.6. The maximum absolute atomic E-state index is 12.5. The summed E-state index contributed by atoms with van der Waals surface area (Å²) in [6.07, 6.45) is 1.86. The van der Waals surface area contributed by atoms with E-state index in [2.05, 4.69) is 36.6 Å². The Morgan fingerprint density at radius 3 is 2.48 bits per heavy atom. The largest absolute Gasteiger partial charge is 0.326 e. The van der Waals surface area contributed by atoms with E-state index in [0.29, 0.717) is 5.17 Å². The van der Waals surface area contributed by atoms with E-state index in [-0.39, 0.29) is 18.2 Å². The number of benzene rings is 2. The molecule has 29 heavy (non-hydrogen) atoms. The van der Waals surface area contributed by atoms with E-state index in [9.17, 15) is 9.59 Å². The average molecular weight is 410 g/mol. The Bertz CT molecular complexity index is 946. The van der Waals surface area contributed by atoms with Crippen LogP contribution in [0, 0.1) is 13.8 Å². The molecule has 0 radical (unpaired) electrons. The molecule has 2 N–H and O–H groups in total. The Labute approximate surface area is 176 Å². The van der Waals surface area contributed by atoms with Crippen molar-refractivity contribution in [1.29, 1.82) is 0 Å². The van der Waals surface area contributed by atoms with Crippen LogP contribution in [-0.4, -0.2) is 22.2 Å². The first kappa shape index (κ1) is 21.1. The molecule has 0 saturated carbocycles. The minimum absolute atomic E-state index is 0.110. The summed E-state index contributed by atoms with van der Waals surface area (Å²) >= 11 is 1.33. The zero-order valence-corrected chi connectivity index (χ0v) is 18.2. The fourth-order valence-corrected chi connectivity index (χ4v) is 4.27. The van der Waals surface area contributed by atoms with Crippen molar-refractivity contribution in [3.63, 3.8) is 0 Å². The molecule has 1 saturated heterocycles. The number of nitrogens with zero attached hydrogens (tertiary/aromatic N) is 1. The van der Waals surface area contributed by atoms with E-state index in [1.165, 1.54) is 11.8 Å². The summed E-state index contributed by atoms with van der Waals surface area (Å²) < 4.78 is 0. The van der Waals surface area contributed by atoms with Crippen molar-refractivity contribution in [2.75, 3.05) is 5.32 Å². The zero-order chi connectivity index (χ0) is 21.0. The molecular weight excluding hydrogens is 382 g/mol. The van der Waals surface area contributed by atoms with Crippen LogP contribution in [0.25, 0.3) is 0 Å². The lowest BCUT2D eigenvalue weighted by Gasteiger charge is -2.11. The number of anilines is 1. The van der Waals surface area contributed by atoms with E-state index in [1.807, 2.05) is 38.1 Å². The standard InChI is InChI=1S/C23H27N3O2S/c1-5-16-8-7-9-17(6-2)21(16)25-23-26-22(28)19(29-23)13-20(27)24-18-12-14(3)10-11-15(18)4/h7-12,19H,5-6,13H2,1-4H3,(H,24,27)(H,25,26,28)/t19-/m1/s1. The highest BCUT2D eigenvalue weighted by Gasteiger charge is 2.32. The van der Waals surface area contributed by atoms with Crippen LogP contribution in [0.3, 0.4) is 0 Å². The number of rotatable bonds is 6. The lowest BCUT2D eigenvalue weighted by atomic mass is 10.0. The van der Waals surface area contributed by atoms with Gasteiger partial charge in [-0.3, -0.25) is 9.59 Å². The van der Waals surface area contributed by atoms with Gasteiger partial charge in [-0.25, -0.2) is 4.99 Å². The van der Waals surface area contributed by atoms with Crippen LogP contribution in [-0.2, 0) is 22.4 Å². The quantitative estimate of drug-likeness (QED) is 0.728. The second kappa shape index (κ2) is 9.27. The number of amidine groups is 1. The first-order valence-corrected chi connectivity index (χ1v) is 10.8. The van der Waals surface area contributed by atoms with E-state index in [4.69, 9.17) is 4.99 Å². The number of aryl methyl sites for hydroxylation is 4. The number of carbonyl (C=O) groups is 2. The average Bonchev–Trinajstić information content (AvgIpc) is 3.03. The van der Waals surface area contributed by atoms with E-state index < -0.39 is 5.25 Å². The van der Waals surface area contributed by atoms with E-state index in [0.717, 1.165) is 46.5 Å². The van der Waals surface area contributed by atoms with Gasteiger partial charge in [0.15, 0.2) is 5.17 Å². The molecule has 1 atom stereocenters. The van der Waals surface area contributed by atoms with Crippen molar-refractivity contribution < 1.29 is 9.59 Å². The fourth-order valence-electron chi connectivity index (χ4n) is 3.29. The molecule has 1 heterocycles. The molecule has 1 aliphatic rings. The van der Waals surface area contributed by atoms with Gasteiger partial charge >= 0.3 is 0 Å². The van der Waals surface area contributed by atoms with Gasteiger partial charge in [0.05, 0.1) is 5.69 Å². The van der Waals surface area contributed by atoms with Crippen LogP contribution in [0.2, 0.25) is 0 Å². The summed E-state index contributed by atoms with van der Waals surface area (Å²) in [5.41, 5.74) is 6.11. The Morgan fingerprint density at radius 1 is 1.14 bits per heavy atom. The summed E-state index contributed by atoms with van der Waals surface area (Å²) in [6.45, 7) is 8.13. The monoisotopic (exact) mass is 409 g/mol. The number of thioether (sulfide) groups is 1. The first-order valence-electron chi connectivity index (χ1n) is 9.95. The van der Waals surface area contributed by atoms with Gasteiger partial charge in [0.2, 0.25) is 11.8 Å². The molecule has 0 bridgehead atoms. The molecule has 0 spiro atoms. The third-order valence-corrected chi connectivity index (χ3v) is 6.07. The Hall–Kier alpha value is -2.60. The lowest BCUT2D eigenvalue weighted by molar-refractivity contribution is -0.122. The highest BCUT2D eigenvalue weighted by molar-refractivity contribution is 8.15. The second-order valence-corrected chi connectivity index (χ2v) is 8.41. The van der Waals surface area contributed by atoms with Crippen LogP contribution in [0.5, 0.6) is 0 Å². The number of carbonyl (C=O) groups excluding carboxylic acids is 2. The van der Waals surface area contributed by atoms with Gasteiger partial charge in [0.25, 0.3) is 0 Å². The molecule has 6 heteroatoms. The molecule has 5 nitrogen and oxygen atoms in total. The molecule has 1 fully saturated rings. The summed E-state index contributed by atoms with van der Waals surface area (Å²) in [6, 6.07) is 12.1. The number of amides is 2. The fraction of sp³-hybridized carbons (Fsp3) is 0.348. The van der Waals surface area contributed by atoms with Crippen molar-refractivity contribution in [2.45, 2.75) is 52.2 Å². The lowest BCUT2D eigenvalue weighted by Crippen LogP contribution is -2.28. The maximum atomic E-state index is 12.5. The minimum Gasteiger partial charge on any atom is -0.326 e. The summed E-state index contributed by atoms with van der Waals surface area (Å²) in [5.74, 6) is -0.340. The zero-order valence-electron chi connectivity index (χ0n) is 17.3. The van der Waals surface area contributed by atoms with Gasteiger partial charge in [-0.1, -0.05) is 55.9 Å². The third-order valence-electron chi connectivity index (χ3n) is 4.99. The Balaban J connectivity index is 1.72. The van der Waals surface area contributed by atoms with Crippen molar-refractivity contribution in [3.8, 4) is 0 Å². The molecule has 1 aliphatic heterocycles. The van der Waals surface area contributed by atoms with Crippen LogP contribution in [0.1, 0.15) is 42.5 Å². The molecule has 152 valence electrons. The van der Waals surface area contributed by atoms with Crippen molar-refractivity contribution >= 4 is 40.1 Å². The maximum Gasteiger partial charge on any atom is 0.240 e. The number of para-hydroxylation sites is 1. The van der Waals surface area contributed by atoms with Crippen molar-refractivity contribution in [3.05, 3.63) is 58.7 Å². The smallest absolute Gasteiger partial charge is 0.240 e. The predicted octanol–water partition coefficient (Wildman–Crippen LogP) is 4.68. The molecule has 0 unspecified atom stereocenters. The predicted molar refractivity (Wildman–Crippen MR) is 121 cm³/mol. The van der Waals surface area contributed by atoms with Gasteiger partial charge in [0.1, 0.15) is 5.25 Å². The van der Waals surface area contributed by atoms with Crippen LogP contribution >= 0.6 is 11.8 Å². The number of aliphatic imine (C=N–C) groups is 1. The molecule has 2 aromatic rings. The van der Waals surface area contributed by atoms with E-state index >= 15 is 0 Å². The normalized spacial score (nSPS) is 17.4. The number of hydrogen-bond donors (Lipinski definition) is 2. The topological polar surface area (TPSA) is 70.6 Å². The van der Waals surface area contributed by atoms with Crippen molar-refractivity contribution in [1.82, 2.24) is 5.32 Å². The van der Waals surface area contributed by atoms with Crippen molar-refractivity contribution in [2.24, 2.45) is 4.99 Å². The third kappa shape index (κ3) is 5.07. The molecule has 0 aliphatic carbocycles. The number of nitrogens with one attached hydrogen (secondary N) is 2. The molecule has 0 aromatic heterocycles. The molecule has 3 rings (SSSR count). The minimum atomic E-state index is -0.474. The second-order valence-electron chi connectivity index (χ2n) is 7.22. The van der Waals surface area contributed by atoms with Crippen LogP contribution in [0.4, 0.5) is 11.4 Å². The van der Waals surface area contributed by atoms with Gasteiger partial charge < -0.3 is 10.6 Å². The summed E-state index contributed by atoms with van der Waals surface area (Å²) in [5, 5.41) is 5.86. The SMILES string of the molecule is CCc1cccc(CC)c1N=C1NC(=O)[C@@H](CC(=O)Nc2cc(C)ccc2C)S1. The van der Waals surface area contributed by atoms with E-state index in [1.54, 1.807) is 0 Å². The molecule has 2 amide bonds. The summed E-state index contributed by atoms with van der Waals surface area (Å²) in [7, 11) is 0. The molecule has 2 aromatic carbocycles. The number of hydrogen-bond acceptors (Lipinski definition) is 4. The van der Waals surface area contributed by atoms with Gasteiger partial charge in [0, 0.05) is 12.1 Å². The molecular formula is C23H27N3O2S. The highest BCUT2D eigenvalue weighted by Crippen LogP contribution is 2.30. The van der Waals surface area contributed by atoms with Gasteiger partial charge in [-0.2, -0.15) is 0 Å². The first-order chi connectivity index (χ1) is 13.9. The van der Waals surface area contributed by atoms with Crippen LogP contribution < -0.4 is 10.6 Å². The van der Waals surface area contributed by atoms with Crippen LogP contribution in [0.15, 0.2) is 41.4 Å². The van der Waals surface area contributed by atoms with Gasteiger partial charge in [-0.15, -0.1) is 0 Å². The Morgan fingerprint density at radius 2 is 1.83 bits per heavy atom. The highest BCUT2D eigenvalue weighted by atomic mass is 32.2. The Kier molecular flexibility index (Phi) is 6.75.